The molecule has 7 heteroatoms. The number of aromatic amines is 1. The fourth-order valence-electron chi connectivity index (χ4n) is 3.78. The summed E-state index contributed by atoms with van der Waals surface area (Å²) in [6, 6.07) is 6.37. The van der Waals surface area contributed by atoms with E-state index in [4.69, 9.17) is 21.4 Å². The molecule has 0 fully saturated rings. The number of alkyl halides is 1. The molecule has 0 amide bonds. The number of ether oxygens (including phenoxy) is 1. The summed E-state index contributed by atoms with van der Waals surface area (Å²) in [5, 5.41) is 8.53. The molecule has 1 aromatic carbocycles. The Labute approximate surface area is 238 Å². The molecule has 4 rings (SSSR count). The van der Waals surface area contributed by atoms with E-state index in [1.54, 1.807) is 6.08 Å². The van der Waals surface area contributed by atoms with E-state index in [-0.39, 0.29) is 5.78 Å². The minimum atomic E-state index is 0.226. The number of Topliss-reactive ketones (excluding diaryl/α,β-unsaturated/α-hetero) is 1. The average Bonchev–Trinajstić information content (AvgIpc) is 3.50. The molecule has 2 aliphatic carbocycles. The Morgan fingerprint density at radius 1 is 1.08 bits per heavy atom. The number of H-pyrrole nitrogens is 1. The first-order valence-electron chi connectivity index (χ1n) is 13.7. The zero-order valence-electron chi connectivity index (χ0n) is 24.7. The topological polar surface area (TPSA) is 92.3 Å². The second kappa shape index (κ2) is 20.7. The summed E-state index contributed by atoms with van der Waals surface area (Å²) in [4.78, 5) is 30.9. The summed E-state index contributed by atoms with van der Waals surface area (Å²) < 4.78 is 5.94. The molecule has 6 nitrogen and oxygen atoms in total. The maximum Gasteiger partial charge on any atom is 0.299 e. The van der Waals surface area contributed by atoms with Crippen LogP contribution in [-0.4, -0.2) is 40.1 Å². The quantitative estimate of drug-likeness (QED) is 0.336. The third-order valence-electron chi connectivity index (χ3n) is 5.46. The van der Waals surface area contributed by atoms with E-state index in [9.17, 15) is 9.59 Å². The molecular formula is C32H45ClN2O4. The van der Waals surface area contributed by atoms with Crippen LogP contribution in [0.2, 0.25) is 0 Å². The molecule has 2 N–H and O–H groups in total. The molecule has 0 unspecified atom stereocenters. The predicted molar refractivity (Wildman–Crippen MR) is 164 cm³/mol. The van der Waals surface area contributed by atoms with Gasteiger partial charge >= 0.3 is 0 Å². The summed E-state index contributed by atoms with van der Waals surface area (Å²) >= 11 is 5.92. The number of nitrogens with one attached hydrogen (secondary N) is 1. The van der Waals surface area contributed by atoms with Crippen LogP contribution >= 0.6 is 11.6 Å². The monoisotopic (exact) mass is 556 g/mol. The van der Waals surface area contributed by atoms with Gasteiger partial charge in [0.2, 0.25) is 0 Å². The van der Waals surface area contributed by atoms with Crippen molar-refractivity contribution < 1.29 is 19.4 Å². The van der Waals surface area contributed by atoms with Crippen LogP contribution in [0.5, 0.6) is 6.01 Å². The van der Waals surface area contributed by atoms with Crippen LogP contribution in [0.15, 0.2) is 53.3 Å². The number of hydrogen-bond donors (Lipinski definition) is 2. The molecular weight excluding hydrogens is 512 g/mol. The van der Waals surface area contributed by atoms with Gasteiger partial charge in [-0.1, -0.05) is 78.0 Å². The fourth-order valence-corrected chi connectivity index (χ4v) is 3.93. The summed E-state index contributed by atoms with van der Waals surface area (Å²) in [6.45, 7) is 13.9. The number of fused-ring (bicyclic) bond motifs is 1. The lowest BCUT2D eigenvalue weighted by Gasteiger charge is -2.04. The second-order valence-corrected chi connectivity index (χ2v) is 7.91. The lowest BCUT2D eigenvalue weighted by Crippen LogP contribution is -2.24. The smallest absolute Gasteiger partial charge is 0.299 e. The number of nitrogens with zero attached hydrogens (tertiary/aromatic N) is 1. The van der Waals surface area contributed by atoms with Crippen LogP contribution in [-0.2, 0) is 17.6 Å². The maximum absolute atomic E-state index is 11.8. The number of carbonyl (C=O) groups excluding carboxylic acids is 2. The molecule has 0 radical (unpaired) electrons. The molecule has 39 heavy (non-hydrogen) atoms. The minimum absolute atomic E-state index is 0.226. The summed E-state index contributed by atoms with van der Waals surface area (Å²) in [5.41, 5.74) is 4.58. The number of aldehydes is 1. The van der Waals surface area contributed by atoms with E-state index in [1.165, 1.54) is 0 Å². The van der Waals surface area contributed by atoms with Gasteiger partial charge in [0.05, 0.1) is 10.7 Å². The largest absolute Gasteiger partial charge is 0.430 e. The molecule has 2 aliphatic rings. The Kier molecular flexibility index (Phi) is 19.0. The highest BCUT2D eigenvalue weighted by Gasteiger charge is 2.18. The van der Waals surface area contributed by atoms with Gasteiger partial charge in [-0.05, 0) is 48.6 Å². The SMILES string of the molecule is CC.CC.CC.CC1=C(C=O)C=C(Oc2nc(=C/Cc3ccc4c(c3)CCC4=O)/c(=C\CCl)[nH]2)CC=C1.CO. The Hall–Kier alpha value is -3.22. The third kappa shape index (κ3) is 10.8. The van der Waals surface area contributed by atoms with Gasteiger partial charge in [-0.2, -0.15) is 4.98 Å². The Morgan fingerprint density at radius 3 is 2.41 bits per heavy atom. The van der Waals surface area contributed by atoms with E-state index in [2.05, 4.69) is 16.0 Å². The number of ketones is 1. The van der Waals surface area contributed by atoms with Gasteiger partial charge < -0.3 is 14.8 Å². The van der Waals surface area contributed by atoms with Crippen LogP contribution < -0.4 is 15.4 Å². The van der Waals surface area contributed by atoms with Crippen LogP contribution in [0.1, 0.15) is 82.8 Å². The molecule has 1 aromatic heterocycles. The molecule has 0 aliphatic heterocycles. The Morgan fingerprint density at radius 2 is 1.77 bits per heavy atom. The number of allylic oxidation sites excluding steroid dienone is 5. The standard InChI is InChI=1S/C25H23ClN2O3.3C2H6.CH4O/c1-16-3-2-4-20(14-19(16)15-29)31-25-27-22(23(28-25)11-12-26)9-6-17-5-8-21-18(13-17)7-10-24(21)30;4*1-2/h2-3,5,8-9,11,13-15H,4,6-7,10,12H2,1H3,(H,27,28);3*1-2H3;2H,1H3/b22-9+,23-11+;;;;. The number of imidazole rings is 1. The van der Waals surface area contributed by atoms with Crippen LogP contribution in [0.3, 0.4) is 0 Å². The van der Waals surface area contributed by atoms with Crippen molar-refractivity contribution in [2.45, 2.75) is 74.1 Å². The summed E-state index contributed by atoms with van der Waals surface area (Å²) in [6.07, 6.45) is 13.0. The number of aromatic nitrogens is 2. The Bertz CT molecular complexity index is 1250. The van der Waals surface area contributed by atoms with E-state index in [0.717, 1.165) is 52.8 Å². The van der Waals surface area contributed by atoms with Crippen molar-refractivity contribution in [2.75, 3.05) is 13.0 Å². The van der Waals surface area contributed by atoms with Crippen molar-refractivity contribution in [1.29, 1.82) is 0 Å². The van der Waals surface area contributed by atoms with Gasteiger partial charge in [0.15, 0.2) is 5.78 Å². The van der Waals surface area contributed by atoms with Crippen LogP contribution in [0.4, 0.5) is 0 Å². The van der Waals surface area contributed by atoms with Gasteiger partial charge in [-0.25, -0.2) is 0 Å². The molecule has 214 valence electrons. The lowest BCUT2D eigenvalue weighted by atomic mass is 10.0. The van der Waals surface area contributed by atoms with E-state index in [0.29, 0.717) is 42.5 Å². The molecule has 0 saturated heterocycles. The highest BCUT2D eigenvalue weighted by Crippen LogP contribution is 2.23. The first kappa shape index (κ1) is 35.8. The molecule has 0 bridgehead atoms. The van der Waals surface area contributed by atoms with E-state index in [1.807, 2.05) is 84.9 Å². The number of benzene rings is 1. The molecule has 2 aromatic rings. The predicted octanol–water partition coefficient (Wildman–Crippen LogP) is 6.01. The number of halogens is 1. The summed E-state index contributed by atoms with van der Waals surface area (Å²) in [5.74, 6) is 1.20. The van der Waals surface area contributed by atoms with Gasteiger partial charge in [-0.3, -0.25) is 9.59 Å². The third-order valence-corrected chi connectivity index (χ3v) is 5.61. The van der Waals surface area contributed by atoms with Crippen molar-refractivity contribution in [2.24, 2.45) is 0 Å². The first-order chi connectivity index (χ1) is 19.1. The van der Waals surface area contributed by atoms with E-state index >= 15 is 0 Å². The van der Waals surface area contributed by atoms with Crippen LogP contribution in [0, 0.1) is 0 Å². The van der Waals surface area contributed by atoms with Gasteiger partial charge in [-0.15, -0.1) is 11.6 Å². The van der Waals surface area contributed by atoms with Crippen molar-refractivity contribution in [3.05, 3.63) is 80.7 Å². The number of aliphatic hydroxyl groups excluding tert-OH is 1. The Balaban J connectivity index is 0.00000166. The first-order valence-corrected chi connectivity index (χ1v) is 14.2. The van der Waals surface area contributed by atoms with E-state index < -0.39 is 0 Å². The minimum Gasteiger partial charge on any atom is -0.430 e. The molecule has 0 spiro atoms. The number of rotatable bonds is 6. The van der Waals surface area contributed by atoms with Crippen molar-refractivity contribution >= 4 is 35.8 Å². The number of aryl methyl sites for hydroxylation is 1. The molecule has 0 saturated carbocycles. The summed E-state index contributed by atoms with van der Waals surface area (Å²) in [7, 11) is 1.00. The van der Waals surface area contributed by atoms with Crippen molar-refractivity contribution in [3.63, 3.8) is 0 Å². The number of aliphatic hydroxyl groups is 1. The highest BCUT2D eigenvalue weighted by molar-refractivity contribution is 6.20. The zero-order chi connectivity index (χ0) is 29.8. The van der Waals surface area contributed by atoms with Gasteiger partial charge in [0.25, 0.3) is 6.01 Å². The average molecular weight is 557 g/mol. The highest BCUT2D eigenvalue weighted by atomic mass is 35.5. The molecule has 1 heterocycles. The second-order valence-electron chi connectivity index (χ2n) is 7.60. The van der Waals surface area contributed by atoms with Crippen LogP contribution in [0.25, 0.3) is 12.2 Å². The van der Waals surface area contributed by atoms with Gasteiger partial charge in [0, 0.05) is 37.0 Å². The zero-order valence-corrected chi connectivity index (χ0v) is 25.5. The normalized spacial score (nSPS) is 14.2. The number of carbonyl (C=O) groups is 2. The van der Waals surface area contributed by atoms with Crippen molar-refractivity contribution in [3.8, 4) is 6.01 Å². The molecule has 0 atom stereocenters. The fraction of sp³-hybridized carbons (Fsp3) is 0.406. The van der Waals surface area contributed by atoms with Gasteiger partial charge in [0.1, 0.15) is 12.0 Å². The maximum atomic E-state index is 11.8. The van der Waals surface area contributed by atoms with Crippen molar-refractivity contribution in [1.82, 2.24) is 9.97 Å². The lowest BCUT2D eigenvalue weighted by molar-refractivity contribution is -0.104. The number of hydrogen-bond acceptors (Lipinski definition) is 5.